The Morgan fingerprint density at radius 2 is 1.68 bits per heavy atom. The van der Waals surface area contributed by atoms with Crippen LogP contribution in [0.4, 0.5) is 4.39 Å². The van der Waals surface area contributed by atoms with Gasteiger partial charge >= 0.3 is 0 Å². The van der Waals surface area contributed by atoms with Gasteiger partial charge in [-0.25, -0.2) is 9.37 Å². The van der Waals surface area contributed by atoms with E-state index in [9.17, 15) is 4.39 Å². The van der Waals surface area contributed by atoms with Gasteiger partial charge in [0.2, 0.25) is 5.89 Å². The van der Waals surface area contributed by atoms with Crippen molar-refractivity contribution < 1.29 is 8.81 Å². The molecule has 0 atom stereocenters. The van der Waals surface area contributed by atoms with Crippen LogP contribution in [0.1, 0.15) is 11.3 Å². The Balaban J connectivity index is 0.00000280. The smallest absolute Gasteiger partial charge is 0.226 e. The van der Waals surface area contributed by atoms with E-state index in [-0.39, 0.29) is 29.8 Å². The van der Waals surface area contributed by atoms with Gasteiger partial charge < -0.3 is 15.1 Å². The van der Waals surface area contributed by atoms with Gasteiger partial charge in [-0.1, -0.05) is 30.3 Å². The monoisotopic (exact) mass is 494 g/mol. The molecule has 148 valence electrons. The molecule has 7 heteroatoms. The first-order chi connectivity index (χ1) is 13.2. The van der Waals surface area contributed by atoms with Crippen molar-refractivity contribution in [2.24, 2.45) is 4.99 Å². The van der Waals surface area contributed by atoms with Crippen LogP contribution in [0.25, 0.3) is 11.5 Å². The molecule has 2 N–H and O–H groups in total. The molecule has 0 saturated carbocycles. The van der Waals surface area contributed by atoms with Gasteiger partial charge in [0.05, 0.1) is 5.69 Å². The number of aromatic nitrogens is 1. The van der Waals surface area contributed by atoms with E-state index < -0.39 is 0 Å². The van der Waals surface area contributed by atoms with Crippen molar-refractivity contribution in [3.8, 4) is 11.5 Å². The summed E-state index contributed by atoms with van der Waals surface area (Å²) in [6, 6.07) is 16.4. The van der Waals surface area contributed by atoms with Crippen molar-refractivity contribution in [1.29, 1.82) is 0 Å². The molecule has 0 aliphatic heterocycles. The summed E-state index contributed by atoms with van der Waals surface area (Å²) in [5.41, 5.74) is 2.88. The molecule has 1 aromatic heterocycles. The lowest BCUT2D eigenvalue weighted by Gasteiger charge is -2.11. The van der Waals surface area contributed by atoms with Crippen molar-refractivity contribution in [2.45, 2.75) is 12.8 Å². The zero-order valence-corrected chi connectivity index (χ0v) is 18.0. The third kappa shape index (κ3) is 6.63. The van der Waals surface area contributed by atoms with Gasteiger partial charge in [-0.15, -0.1) is 24.0 Å². The molecule has 0 bridgehead atoms. The second kappa shape index (κ2) is 11.4. The number of nitrogens with one attached hydrogen (secondary N) is 2. The van der Waals surface area contributed by atoms with Crippen LogP contribution in [-0.4, -0.2) is 31.1 Å². The Morgan fingerprint density at radius 3 is 2.36 bits per heavy atom. The molecule has 1 heterocycles. The SMILES string of the molecule is CN=C(NCCc1ccccc1)NCCc1coc(-c2ccc(F)cc2)n1.I. The summed E-state index contributed by atoms with van der Waals surface area (Å²) in [6.07, 6.45) is 3.27. The van der Waals surface area contributed by atoms with Crippen molar-refractivity contribution >= 4 is 29.9 Å². The minimum Gasteiger partial charge on any atom is -0.444 e. The zero-order chi connectivity index (χ0) is 18.9. The van der Waals surface area contributed by atoms with Gasteiger partial charge in [0, 0.05) is 32.1 Å². The molecule has 0 aliphatic carbocycles. The molecule has 3 aromatic rings. The van der Waals surface area contributed by atoms with E-state index in [2.05, 4.69) is 32.7 Å². The summed E-state index contributed by atoms with van der Waals surface area (Å²) < 4.78 is 18.5. The Hall–Kier alpha value is -2.42. The maximum atomic E-state index is 13.0. The molecule has 5 nitrogen and oxygen atoms in total. The maximum absolute atomic E-state index is 13.0. The summed E-state index contributed by atoms with van der Waals surface area (Å²) in [4.78, 5) is 8.67. The Kier molecular flexibility index (Phi) is 8.93. The highest BCUT2D eigenvalue weighted by atomic mass is 127. The summed E-state index contributed by atoms with van der Waals surface area (Å²) in [5.74, 6) is 0.976. The number of benzene rings is 2. The molecule has 0 fully saturated rings. The van der Waals surface area contributed by atoms with Crippen LogP contribution in [-0.2, 0) is 12.8 Å². The second-order valence-corrected chi connectivity index (χ2v) is 6.06. The fourth-order valence-electron chi connectivity index (χ4n) is 2.65. The van der Waals surface area contributed by atoms with Crippen LogP contribution in [0, 0.1) is 5.82 Å². The second-order valence-electron chi connectivity index (χ2n) is 6.06. The van der Waals surface area contributed by atoms with Crippen LogP contribution >= 0.6 is 24.0 Å². The third-order valence-electron chi connectivity index (χ3n) is 4.09. The van der Waals surface area contributed by atoms with Crippen molar-refractivity contribution in [3.63, 3.8) is 0 Å². The number of nitrogens with zero attached hydrogens (tertiary/aromatic N) is 2. The highest BCUT2D eigenvalue weighted by molar-refractivity contribution is 14.0. The maximum Gasteiger partial charge on any atom is 0.226 e. The number of hydrogen-bond acceptors (Lipinski definition) is 3. The van der Waals surface area contributed by atoms with Gasteiger partial charge in [0.15, 0.2) is 5.96 Å². The highest BCUT2D eigenvalue weighted by Crippen LogP contribution is 2.18. The average Bonchev–Trinajstić information content (AvgIpc) is 3.17. The molecule has 0 radical (unpaired) electrons. The van der Waals surface area contributed by atoms with Crippen LogP contribution in [0.15, 0.2) is 70.3 Å². The zero-order valence-electron chi connectivity index (χ0n) is 15.7. The normalized spacial score (nSPS) is 11.0. The highest BCUT2D eigenvalue weighted by Gasteiger charge is 2.07. The van der Waals surface area contributed by atoms with Crippen LogP contribution in [0.2, 0.25) is 0 Å². The largest absolute Gasteiger partial charge is 0.444 e. The molecule has 0 spiro atoms. The third-order valence-corrected chi connectivity index (χ3v) is 4.09. The Bertz CT molecular complexity index is 866. The lowest BCUT2D eigenvalue weighted by molar-refractivity contribution is 0.571. The quantitative estimate of drug-likeness (QED) is 0.296. The lowest BCUT2D eigenvalue weighted by atomic mass is 10.1. The molecule has 0 unspecified atom stereocenters. The molecule has 28 heavy (non-hydrogen) atoms. The topological polar surface area (TPSA) is 62.5 Å². The fourth-order valence-corrected chi connectivity index (χ4v) is 2.65. The standard InChI is InChI=1S/C21H23FN4O.HI/c1-23-21(24-13-11-16-5-3-2-4-6-16)25-14-12-19-15-27-20(26-19)17-7-9-18(22)10-8-17;/h2-10,15H,11-14H2,1H3,(H2,23,24,25);1H. The summed E-state index contributed by atoms with van der Waals surface area (Å²) >= 11 is 0. The van der Waals surface area contributed by atoms with E-state index in [4.69, 9.17) is 4.42 Å². The van der Waals surface area contributed by atoms with Crippen molar-refractivity contribution in [1.82, 2.24) is 15.6 Å². The predicted molar refractivity (Wildman–Crippen MR) is 121 cm³/mol. The first kappa shape index (κ1) is 21.9. The fraction of sp³-hybridized carbons (Fsp3) is 0.238. The Labute approximate surface area is 181 Å². The predicted octanol–water partition coefficient (Wildman–Crippen LogP) is 4.05. The first-order valence-electron chi connectivity index (χ1n) is 8.93. The molecule has 0 amide bonds. The van der Waals surface area contributed by atoms with E-state index in [1.165, 1.54) is 17.7 Å². The first-order valence-corrected chi connectivity index (χ1v) is 8.93. The number of aliphatic imine (C=N–C) groups is 1. The van der Waals surface area contributed by atoms with Gasteiger partial charge in [0.25, 0.3) is 0 Å². The molecule has 3 rings (SSSR count). The lowest BCUT2D eigenvalue weighted by Crippen LogP contribution is -2.39. The van der Waals surface area contributed by atoms with Crippen molar-refractivity contribution in [3.05, 3.63) is 77.9 Å². The summed E-state index contributed by atoms with van der Waals surface area (Å²) in [7, 11) is 1.75. The van der Waals surface area contributed by atoms with Crippen LogP contribution in [0.5, 0.6) is 0 Å². The van der Waals surface area contributed by atoms with Crippen LogP contribution in [0.3, 0.4) is 0 Å². The van der Waals surface area contributed by atoms with Crippen molar-refractivity contribution in [2.75, 3.05) is 20.1 Å². The Morgan fingerprint density at radius 1 is 1.00 bits per heavy atom. The number of halogens is 2. The number of guanidine groups is 1. The number of oxazole rings is 1. The van der Waals surface area contributed by atoms with Gasteiger partial charge in [-0.05, 0) is 36.2 Å². The summed E-state index contributed by atoms with van der Waals surface area (Å²) in [5, 5.41) is 6.57. The van der Waals surface area contributed by atoms with E-state index in [1.54, 1.807) is 25.4 Å². The van der Waals surface area contributed by atoms with Gasteiger partial charge in [-0.2, -0.15) is 0 Å². The molecular weight excluding hydrogens is 470 g/mol. The minimum absolute atomic E-state index is 0. The van der Waals surface area contributed by atoms with E-state index in [0.717, 1.165) is 30.2 Å². The number of rotatable bonds is 7. The van der Waals surface area contributed by atoms with Crippen LogP contribution < -0.4 is 10.6 Å². The van der Waals surface area contributed by atoms with E-state index in [1.807, 2.05) is 18.2 Å². The summed E-state index contributed by atoms with van der Waals surface area (Å²) in [6.45, 7) is 1.49. The molecule has 0 aliphatic rings. The van der Waals surface area contributed by atoms with Gasteiger partial charge in [-0.3, -0.25) is 4.99 Å². The number of hydrogen-bond donors (Lipinski definition) is 2. The van der Waals surface area contributed by atoms with E-state index >= 15 is 0 Å². The molecular formula is C21H24FIN4O. The average molecular weight is 494 g/mol. The minimum atomic E-state index is -0.277. The van der Waals surface area contributed by atoms with Gasteiger partial charge in [0.1, 0.15) is 12.1 Å². The van der Waals surface area contributed by atoms with E-state index in [0.29, 0.717) is 18.9 Å². The molecule has 0 saturated heterocycles. The molecule has 2 aromatic carbocycles.